The molecule has 5 heteroatoms. The van der Waals surface area contributed by atoms with Crippen molar-refractivity contribution in [1.82, 2.24) is 0 Å². The van der Waals surface area contributed by atoms with Crippen LogP contribution < -0.4 is 0 Å². The molecule has 1 N–H and O–H groups in total. The van der Waals surface area contributed by atoms with Crippen LogP contribution in [0.1, 0.15) is 59.8 Å². The summed E-state index contributed by atoms with van der Waals surface area (Å²) in [6.45, 7) is 7.34. The predicted octanol–water partition coefficient (Wildman–Crippen LogP) is 3.72. The Morgan fingerprint density at radius 2 is 1.50 bits per heavy atom. The first kappa shape index (κ1) is 16.2. The normalized spacial score (nSPS) is 20.6. The lowest BCUT2D eigenvalue weighted by atomic mass is 9.86. The first-order valence-electron chi connectivity index (χ1n) is 6.93. The van der Waals surface area contributed by atoms with E-state index < -0.39 is 13.2 Å². The van der Waals surface area contributed by atoms with Gasteiger partial charge >= 0.3 is 7.60 Å². The van der Waals surface area contributed by atoms with Crippen LogP contribution in [0.25, 0.3) is 0 Å². The van der Waals surface area contributed by atoms with E-state index in [4.69, 9.17) is 9.05 Å². The summed E-state index contributed by atoms with van der Waals surface area (Å²) in [5.74, 6) is 0. The third-order valence-electron chi connectivity index (χ3n) is 3.02. The van der Waals surface area contributed by atoms with Gasteiger partial charge in [0, 0.05) is 0 Å². The van der Waals surface area contributed by atoms with Crippen LogP contribution in [0.5, 0.6) is 0 Å². The Morgan fingerprint density at radius 3 is 1.89 bits per heavy atom. The molecule has 4 nitrogen and oxygen atoms in total. The Hall–Kier alpha value is 0.110. The summed E-state index contributed by atoms with van der Waals surface area (Å²) in [5, 5.41) is 10.5. The summed E-state index contributed by atoms with van der Waals surface area (Å²) in [7, 11) is -3.22. The molecular weight excluding hydrogens is 251 g/mol. The molecular formula is C13H27O4P. The Bertz CT molecular complexity index is 281. The van der Waals surface area contributed by atoms with Gasteiger partial charge in [-0.25, -0.2) is 0 Å². The average Bonchev–Trinajstić information content (AvgIpc) is 2.13. The molecule has 0 heterocycles. The molecule has 1 rings (SSSR count). The lowest BCUT2D eigenvalue weighted by Crippen LogP contribution is -2.36. The monoisotopic (exact) mass is 278 g/mol. The standard InChI is InChI=1S/C13H27O4P/c1-11(2)16-18(15,17-12(3)4)10-13(14)8-6-5-7-9-13/h11-12,14H,5-10H2,1-4H3. The molecule has 0 spiro atoms. The SMILES string of the molecule is CC(C)OP(=O)(CC1(O)CCCCC1)OC(C)C. The van der Waals surface area contributed by atoms with Crippen LogP contribution in [-0.4, -0.2) is 29.1 Å². The van der Waals surface area contributed by atoms with Gasteiger partial charge in [-0.3, -0.25) is 4.57 Å². The van der Waals surface area contributed by atoms with Crippen molar-refractivity contribution in [3.63, 3.8) is 0 Å². The zero-order valence-electron chi connectivity index (χ0n) is 12.0. The zero-order valence-corrected chi connectivity index (χ0v) is 12.9. The van der Waals surface area contributed by atoms with Gasteiger partial charge < -0.3 is 14.2 Å². The van der Waals surface area contributed by atoms with E-state index in [1.807, 2.05) is 27.7 Å². The third kappa shape index (κ3) is 5.40. The van der Waals surface area contributed by atoms with Gasteiger partial charge in [0.2, 0.25) is 0 Å². The molecule has 0 aromatic carbocycles. The van der Waals surface area contributed by atoms with Crippen LogP contribution in [0, 0.1) is 0 Å². The van der Waals surface area contributed by atoms with E-state index in [0.29, 0.717) is 12.8 Å². The summed E-state index contributed by atoms with van der Waals surface area (Å²) in [5.41, 5.74) is -0.877. The van der Waals surface area contributed by atoms with Gasteiger partial charge in [-0.05, 0) is 40.5 Å². The van der Waals surface area contributed by atoms with E-state index >= 15 is 0 Å². The van der Waals surface area contributed by atoms with Crippen molar-refractivity contribution in [3.8, 4) is 0 Å². The lowest BCUT2D eigenvalue weighted by molar-refractivity contribution is 0.0158. The van der Waals surface area contributed by atoms with Crippen LogP contribution in [0.4, 0.5) is 0 Å². The van der Waals surface area contributed by atoms with Gasteiger partial charge in [-0.2, -0.15) is 0 Å². The maximum absolute atomic E-state index is 12.7. The van der Waals surface area contributed by atoms with E-state index in [1.54, 1.807) is 0 Å². The van der Waals surface area contributed by atoms with Crippen LogP contribution in [0.15, 0.2) is 0 Å². The minimum absolute atomic E-state index is 0.121. The third-order valence-corrected chi connectivity index (χ3v) is 5.48. The number of hydrogen-bond acceptors (Lipinski definition) is 4. The average molecular weight is 278 g/mol. The van der Waals surface area contributed by atoms with E-state index in [1.165, 1.54) is 0 Å². The highest BCUT2D eigenvalue weighted by atomic mass is 31.2. The van der Waals surface area contributed by atoms with Crippen molar-refractivity contribution in [1.29, 1.82) is 0 Å². The highest BCUT2D eigenvalue weighted by Crippen LogP contribution is 2.54. The van der Waals surface area contributed by atoms with Gasteiger partial charge in [0.25, 0.3) is 0 Å². The molecule has 108 valence electrons. The first-order chi connectivity index (χ1) is 8.25. The van der Waals surface area contributed by atoms with Gasteiger partial charge in [-0.1, -0.05) is 19.3 Å². The summed E-state index contributed by atoms with van der Waals surface area (Å²) >= 11 is 0. The summed E-state index contributed by atoms with van der Waals surface area (Å²) < 4.78 is 23.7. The van der Waals surface area contributed by atoms with E-state index in [0.717, 1.165) is 19.3 Å². The molecule has 1 aliphatic carbocycles. The largest absolute Gasteiger partial charge is 0.389 e. The summed E-state index contributed by atoms with van der Waals surface area (Å²) in [4.78, 5) is 0. The fourth-order valence-corrected chi connectivity index (χ4v) is 4.99. The van der Waals surface area contributed by atoms with Crippen LogP contribution in [0.2, 0.25) is 0 Å². The quantitative estimate of drug-likeness (QED) is 0.752. The predicted molar refractivity (Wildman–Crippen MR) is 73.0 cm³/mol. The molecule has 0 saturated heterocycles. The molecule has 0 bridgehead atoms. The maximum Gasteiger partial charge on any atom is 0.334 e. The van der Waals surface area contributed by atoms with Crippen LogP contribution in [0.3, 0.4) is 0 Å². The number of aliphatic hydroxyl groups is 1. The van der Waals surface area contributed by atoms with E-state index in [9.17, 15) is 9.67 Å². The fraction of sp³-hybridized carbons (Fsp3) is 1.00. The van der Waals surface area contributed by atoms with Gasteiger partial charge in [0.05, 0.1) is 24.0 Å². The van der Waals surface area contributed by atoms with Gasteiger partial charge in [-0.15, -0.1) is 0 Å². The molecule has 1 fully saturated rings. The molecule has 1 aliphatic rings. The zero-order chi connectivity index (χ0) is 13.8. The lowest BCUT2D eigenvalue weighted by Gasteiger charge is -2.35. The minimum atomic E-state index is -3.22. The molecule has 0 amide bonds. The number of hydrogen-bond donors (Lipinski definition) is 1. The first-order valence-corrected chi connectivity index (χ1v) is 8.66. The van der Waals surface area contributed by atoms with Gasteiger partial charge in [0.15, 0.2) is 0 Å². The molecule has 0 aromatic heterocycles. The minimum Gasteiger partial charge on any atom is -0.389 e. The Kier molecular flexibility index (Phi) is 5.85. The molecule has 0 atom stereocenters. The summed E-state index contributed by atoms with van der Waals surface area (Å²) in [6, 6.07) is 0. The van der Waals surface area contributed by atoms with E-state index in [-0.39, 0.29) is 18.4 Å². The molecule has 0 unspecified atom stereocenters. The Morgan fingerprint density at radius 1 is 1.06 bits per heavy atom. The van der Waals surface area contributed by atoms with E-state index in [2.05, 4.69) is 0 Å². The van der Waals surface area contributed by atoms with Crippen molar-refractivity contribution >= 4 is 7.60 Å². The second-order valence-corrected chi connectivity index (χ2v) is 7.82. The second kappa shape index (κ2) is 6.51. The van der Waals surface area contributed by atoms with Crippen molar-refractivity contribution in [3.05, 3.63) is 0 Å². The fourth-order valence-electron chi connectivity index (χ4n) is 2.47. The molecule has 18 heavy (non-hydrogen) atoms. The van der Waals surface area contributed by atoms with Crippen molar-refractivity contribution in [2.24, 2.45) is 0 Å². The summed E-state index contributed by atoms with van der Waals surface area (Å²) in [6.07, 6.45) is 4.29. The van der Waals surface area contributed by atoms with Crippen molar-refractivity contribution in [2.75, 3.05) is 6.16 Å². The Labute approximate surface area is 111 Å². The van der Waals surface area contributed by atoms with Crippen LogP contribution >= 0.6 is 7.60 Å². The highest BCUT2D eigenvalue weighted by molar-refractivity contribution is 7.54. The topological polar surface area (TPSA) is 55.8 Å². The number of rotatable bonds is 6. The maximum atomic E-state index is 12.7. The second-order valence-electron chi connectivity index (χ2n) is 5.86. The molecule has 1 saturated carbocycles. The van der Waals surface area contributed by atoms with Crippen molar-refractivity contribution < 1.29 is 18.7 Å². The van der Waals surface area contributed by atoms with Crippen molar-refractivity contribution in [2.45, 2.75) is 77.6 Å². The van der Waals surface area contributed by atoms with Crippen LogP contribution in [-0.2, 0) is 13.6 Å². The highest BCUT2D eigenvalue weighted by Gasteiger charge is 2.40. The Balaban J connectivity index is 2.73. The molecule has 0 aromatic rings. The molecule has 0 radical (unpaired) electrons. The van der Waals surface area contributed by atoms with Gasteiger partial charge in [0.1, 0.15) is 0 Å². The smallest absolute Gasteiger partial charge is 0.334 e. The molecule has 0 aliphatic heterocycles.